The van der Waals surface area contributed by atoms with Gasteiger partial charge < -0.3 is 20.7 Å². The normalized spacial score (nSPS) is 10.0. The van der Waals surface area contributed by atoms with Crippen LogP contribution in [0.1, 0.15) is 18.9 Å². The van der Waals surface area contributed by atoms with E-state index in [1.54, 1.807) is 0 Å². The van der Waals surface area contributed by atoms with E-state index in [4.69, 9.17) is 17.0 Å². The second kappa shape index (κ2) is 11.1. The highest BCUT2D eigenvalue weighted by atomic mass is 32.1. The minimum atomic E-state index is -0.0976. The molecule has 0 aromatic heterocycles. The topological polar surface area (TPSA) is 62.4 Å². The summed E-state index contributed by atoms with van der Waals surface area (Å²) in [7, 11) is 0. The van der Waals surface area contributed by atoms with E-state index in [0.29, 0.717) is 11.7 Å². The molecule has 0 aliphatic heterocycles. The minimum Gasteiger partial charge on any atom is -0.493 e. The molecule has 2 aromatic carbocycles. The first kappa shape index (κ1) is 19.7. The summed E-state index contributed by atoms with van der Waals surface area (Å²) in [5.74, 6) is 0.638. The van der Waals surface area contributed by atoms with Crippen molar-refractivity contribution in [2.75, 3.05) is 25.0 Å². The number of carbonyl (C=O) groups excluding carboxylic acids is 1. The Labute approximate surface area is 160 Å². The summed E-state index contributed by atoms with van der Waals surface area (Å²) in [4.78, 5) is 11.1. The fraction of sp³-hybridized carbons (Fsp3) is 0.300. The molecular weight excluding hydrogens is 346 g/mol. The number of amides is 1. The van der Waals surface area contributed by atoms with Gasteiger partial charge in [-0.3, -0.25) is 4.79 Å². The zero-order valence-electron chi connectivity index (χ0n) is 15.0. The number of hydrogen-bond donors (Lipinski definition) is 3. The van der Waals surface area contributed by atoms with E-state index in [-0.39, 0.29) is 5.91 Å². The van der Waals surface area contributed by atoms with Crippen LogP contribution in [0.4, 0.5) is 5.69 Å². The van der Waals surface area contributed by atoms with Gasteiger partial charge in [0.15, 0.2) is 5.11 Å². The number of rotatable bonds is 9. The Kier molecular flexibility index (Phi) is 8.42. The summed E-state index contributed by atoms with van der Waals surface area (Å²) >= 11 is 5.27. The number of anilines is 1. The molecule has 0 heterocycles. The lowest BCUT2D eigenvalue weighted by atomic mass is 10.1. The van der Waals surface area contributed by atoms with Crippen molar-refractivity contribution in [3.8, 4) is 5.75 Å². The number of ether oxygens (including phenoxy) is 1. The van der Waals surface area contributed by atoms with Crippen LogP contribution in [0.25, 0.3) is 0 Å². The molecule has 0 atom stereocenters. The SMILES string of the molecule is CC(=O)Nc1cccc(OCCCNC(=S)NCCc2ccccc2)c1. The third-order valence-electron chi connectivity index (χ3n) is 3.57. The zero-order chi connectivity index (χ0) is 18.6. The smallest absolute Gasteiger partial charge is 0.221 e. The first-order chi connectivity index (χ1) is 12.6. The van der Waals surface area contributed by atoms with E-state index < -0.39 is 0 Å². The van der Waals surface area contributed by atoms with Crippen molar-refractivity contribution in [2.24, 2.45) is 0 Å². The maximum atomic E-state index is 11.1. The Morgan fingerprint density at radius 3 is 2.58 bits per heavy atom. The molecule has 0 spiro atoms. The first-order valence-electron chi connectivity index (χ1n) is 8.69. The summed E-state index contributed by atoms with van der Waals surface area (Å²) in [6.45, 7) is 3.60. The van der Waals surface area contributed by atoms with Gasteiger partial charge in [-0.05, 0) is 42.8 Å². The molecule has 138 valence electrons. The Balaban J connectivity index is 1.56. The lowest BCUT2D eigenvalue weighted by molar-refractivity contribution is -0.114. The van der Waals surface area contributed by atoms with Crippen LogP contribution < -0.4 is 20.7 Å². The monoisotopic (exact) mass is 371 g/mol. The van der Waals surface area contributed by atoms with Gasteiger partial charge in [-0.25, -0.2) is 0 Å². The van der Waals surface area contributed by atoms with Crippen LogP contribution >= 0.6 is 12.2 Å². The number of hydrogen-bond acceptors (Lipinski definition) is 3. The van der Waals surface area contributed by atoms with Crippen LogP contribution in [-0.4, -0.2) is 30.7 Å². The summed E-state index contributed by atoms with van der Waals surface area (Å²) < 4.78 is 5.69. The van der Waals surface area contributed by atoms with Crippen molar-refractivity contribution in [1.29, 1.82) is 0 Å². The molecule has 0 unspecified atom stereocenters. The van der Waals surface area contributed by atoms with Gasteiger partial charge in [-0.15, -0.1) is 0 Å². The molecule has 3 N–H and O–H groups in total. The Hall–Kier alpha value is -2.60. The summed E-state index contributed by atoms with van der Waals surface area (Å²) in [5, 5.41) is 9.78. The van der Waals surface area contributed by atoms with Crippen molar-refractivity contribution >= 4 is 28.9 Å². The summed E-state index contributed by atoms with van der Waals surface area (Å²) in [6.07, 6.45) is 1.77. The zero-order valence-corrected chi connectivity index (χ0v) is 15.8. The summed E-state index contributed by atoms with van der Waals surface area (Å²) in [5.41, 5.74) is 2.02. The minimum absolute atomic E-state index is 0.0976. The third-order valence-corrected chi connectivity index (χ3v) is 3.86. The average Bonchev–Trinajstić information content (AvgIpc) is 2.62. The van der Waals surface area contributed by atoms with Gasteiger partial charge in [0.2, 0.25) is 5.91 Å². The first-order valence-corrected chi connectivity index (χ1v) is 9.10. The fourth-order valence-corrected chi connectivity index (χ4v) is 2.56. The van der Waals surface area contributed by atoms with E-state index in [2.05, 4.69) is 28.1 Å². The van der Waals surface area contributed by atoms with Crippen molar-refractivity contribution in [2.45, 2.75) is 19.8 Å². The van der Waals surface area contributed by atoms with Gasteiger partial charge >= 0.3 is 0 Å². The lowest BCUT2D eigenvalue weighted by Crippen LogP contribution is -2.37. The molecule has 0 aliphatic rings. The van der Waals surface area contributed by atoms with E-state index in [9.17, 15) is 4.79 Å². The molecule has 0 radical (unpaired) electrons. The van der Waals surface area contributed by atoms with Gasteiger partial charge in [0.1, 0.15) is 5.75 Å². The Morgan fingerprint density at radius 2 is 1.81 bits per heavy atom. The fourth-order valence-electron chi connectivity index (χ4n) is 2.36. The van der Waals surface area contributed by atoms with Gasteiger partial charge in [-0.1, -0.05) is 36.4 Å². The highest BCUT2D eigenvalue weighted by Crippen LogP contribution is 2.17. The molecule has 2 aromatic rings. The molecule has 2 rings (SSSR count). The predicted octanol–water partition coefficient (Wildman–Crippen LogP) is 3.12. The molecule has 0 bridgehead atoms. The molecule has 6 heteroatoms. The standard InChI is InChI=1S/C20H25N3O2S/c1-16(24)23-18-9-5-10-19(15-18)25-14-6-12-21-20(26)22-13-11-17-7-3-2-4-8-17/h2-5,7-10,15H,6,11-14H2,1H3,(H,23,24)(H2,21,22,26). The van der Waals surface area contributed by atoms with Gasteiger partial charge in [0.25, 0.3) is 0 Å². The molecule has 0 aliphatic carbocycles. The van der Waals surface area contributed by atoms with E-state index in [1.165, 1.54) is 12.5 Å². The van der Waals surface area contributed by atoms with Gasteiger partial charge in [0, 0.05) is 31.8 Å². The number of benzene rings is 2. The summed E-state index contributed by atoms with van der Waals surface area (Å²) in [6, 6.07) is 17.7. The Bertz CT molecular complexity index is 707. The quantitative estimate of drug-likeness (QED) is 0.467. The maximum absolute atomic E-state index is 11.1. The van der Waals surface area contributed by atoms with Crippen LogP contribution in [0.3, 0.4) is 0 Å². The highest BCUT2D eigenvalue weighted by Gasteiger charge is 2.00. The second-order valence-corrected chi connectivity index (χ2v) is 6.24. The van der Waals surface area contributed by atoms with Gasteiger partial charge in [-0.2, -0.15) is 0 Å². The Morgan fingerprint density at radius 1 is 1.04 bits per heavy atom. The maximum Gasteiger partial charge on any atom is 0.221 e. The number of nitrogens with one attached hydrogen (secondary N) is 3. The molecule has 1 amide bonds. The van der Waals surface area contributed by atoms with Crippen molar-refractivity contribution < 1.29 is 9.53 Å². The molecule has 0 saturated carbocycles. The lowest BCUT2D eigenvalue weighted by Gasteiger charge is -2.11. The van der Waals surface area contributed by atoms with Gasteiger partial charge in [0.05, 0.1) is 6.61 Å². The van der Waals surface area contributed by atoms with Crippen molar-refractivity contribution in [1.82, 2.24) is 10.6 Å². The number of carbonyl (C=O) groups is 1. The van der Waals surface area contributed by atoms with Crippen LogP contribution in [0, 0.1) is 0 Å². The number of thiocarbonyl (C=S) groups is 1. The molecule has 0 fully saturated rings. The largest absolute Gasteiger partial charge is 0.493 e. The van der Waals surface area contributed by atoms with Crippen LogP contribution in [0.5, 0.6) is 5.75 Å². The van der Waals surface area contributed by atoms with E-state index in [0.717, 1.165) is 37.4 Å². The van der Waals surface area contributed by atoms with Crippen LogP contribution in [-0.2, 0) is 11.2 Å². The third kappa shape index (κ3) is 7.98. The molecular formula is C20H25N3O2S. The van der Waals surface area contributed by atoms with Crippen LogP contribution in [0.15, 0.2) is 54.6 Å². The van der Waals surface area contributed by atoms with Crippen molar-refractivity contribution in [3.05, 3.63) is 60.2 Å². The predicted molar refractivity (Wildman–Crippen MR) is 110 cm³/mol. The van der Waals surface area contributed by atoms with E-state index in [1.807, 2.05) is 42.5 Å². The average molecular weight is 372 g/mol. The second-order valence-electron chi connectivity index (χ2n) is 5.83. The van der Waals surface area contributed by atoms with Crippen molar-refractivity contribution in [3.63, 3.8) is 0 Å². The molecule has 0 saturated heterocycles. The highest BCUT2D eigenvalue weighted by molar-refractivity contribution is 7.80. The van der Waals surface area contributed by atoms with E-state index >= 15 is 0 Å². The van der Waals surface area contributed by atoms with Crippen LogP contribution in [0.2, 0.25) is 0 Å². The molecule has 5 nitrogen and oxygen atoms in total. The molecule has 26 heavy (non-hydrogen) atoms.